The van der Waals surface area contributed by atoms with Gasteiger partial charge in [-0.3, -0.25) is 14.4 Å². The van der Waals surface area contributed by atoms with Gasteiger partial charge < -0.3 is 25.2 Å². The van der Waals surface area contributed by atoms with Crippen molar-refractivity contribution in [1.82, 2.24) is 15.1 Å². The maximum atomic E-state index is 14.3. The monoisotopic (exact) mass is 598 g/mol. The molecule has 44 heavy (non-hydrogen) atoms. The van der Waals surface area contributed by atoms with Gasteiger partial charge in [-0.15, -0.1) is 0 Å². The molecule has 5 atom stereocenters. The van der Waals surface area contributed by atoms with Gasteiger partial charge >= 0.3 is 0 Å². The summed E-state index contributed by atoms with van der Waals surface area (Å²) in [5, 5.41) is 6.31. The van der Waals surface area contributed by atoms with E-state index in [0.717, 1.165) is 38.8 Å². The lowest BCUT2D eigenvalue weighted by molar-refractivity contribution is -0.141. The lowest BCUT2D eigenvalue weighted by Crippen LogP contribution is -2.56. The van der Waals surface area contributed by atoms with Gasteiger partial charge in [0, 0.05) is 24.8 Å². The molecule has 0 aromatic heterocycles. The fourth-order valence-corrected chi connectivity index (χ4v) is 7.70. The predicted molar refractivity (Wildman–Crippen MR) is 171 cm³/mol. The van der Waals surface area contributed by atoms with Crippen LogP contribution in [-0.2, 0) is 25.7 Å². The van der Waals surface area contributed by atoms with Crippen molar-refractivity contribution < 1.29 is 19.1 Å². The first-order chi connectivity index (χ1) is 21.3. The summed E-state index contributed by atoms with van der Waals surface area (Å²) < 4.78 is 6.53. The zero-order valence-corrected chi connectivity index (χ0v) is 26.2. The standard InChI is InChI=1S/C36H46N4O4/c1-24(2)26-15-17-28(18-16-26)37-33(41)30-29-19-20-36(44-29)31(30)35(43)40(32(36)34(42)38-27-13-8-5-9-14-27)22-10-21-39(3)23-25-11-6-4-7-12-25/h4,6-7,11-12,15-20,24,27,29-32H,5,8-10,13-14,21-23H2,1-3H3,(H,37,41)(H,38,42). The molecular weight excluding hydrogens is 552 g/mol. The van der Waals surface area contributed by atoms with E-state index in [2.05, 4.69) is 48.6 Å². The van der Waals surface area contributed by atoms with Crippen molar-refractivity contribution in [3.63, 3.8) is 0 Å². The lowest BCUT2D eigenvalue weighted by Gasteiger charge is -2.34. The molecule has 6 rings (SSSR count). The van der Waals surface area contributed by atoms with Crippen LogP contribution < -0.4 is 10.6 Å². The summed E-state index contributed by atoms with van der Waals surface area (Å²) in [6.07, 6.45) is 9.23. The van der Waals surface area contributed by atoms with Gasteiger partial charge in [-0.25, -0.2) is 0 Å². The highest BCUT2D eigenvalue weighted by Gasteiger charge is 2.72. The molecule has 2 saturated heterocycles. The van der Waals surface area contributed by atoms with Crippen molar-refractivity contribution in [2.75, 3.05) is 25.5 Å². The third-order valence-corrected chi connectivity index (χ3v) is 9.96. The van der Waals surface area contributed by atoms with E-state index in [4.69, 9.17) is 4.74 Å². The Morgan fingerprint density at radius 1 is 1.02 bits per heavy atom. The maximum absolute atomic E-state index is 14.3. The van der Waals surface area contributed by atoms with Gasteiger partial charge in [-0.1, -0.05) is 87.7 Å². The molecule has 234 valence electrons. The van der Waals surface area contributed by atoms with Crippen LogP contribution in [0.4, 0.5) is 5.69 Å². The normalized spacial score (nSPS) is 27.8. The number of hydrogen-bond donors (Lipinski definition) is 2. The topological polar surface area (TPSA) is 91.0 Å². The number of carbonyl (C=O) groups excluding carboxylic acids is 3. The molecule has 3 amide bonds. The van der Waals surface area contributed by atoms with Gasteiger partial charge in [0.1, 0.15) is 11.6 Å². The second-order valence-corrected chi connectivity index (χ2v) is 13.4. The number of carbonyl (C=O) groups is 3. The second-order valence-electron chi connectivity index (χ2n) is 13.4. The molecule has 2 bridgehead atoms. The summed E-state index contributed by atoms with van der Waals surface area (Å²) in [5.74, 6) is -1.62. The van der Waals surface area contributed by atoms with Gasteiger partial charge in [0.15, 0.2) is 0 Å². The fourth-order valence-electron chi connectivity index (χ4n) is 7.70. The first kappa shape index (κ1) is 30.5. The van der Waals surface area contributed by atoms with Crippen molar-refractivity contribution in [2.45, 2.75) is 88.6 Å². The molecule has 4 aliphatic rings. The Morgan fingerprint density at radius 2 is 1.75 bits per heavy atom. The number of ether oxygens (including phenoxy) is 1. The minimum absolute atomic E-state index is 0.108. The fraction of sp³-hybridized carbons (Fsp3) is 0.528. The summed E-state index contributed by atoms with van der Waals surface area (Å²) >= 11 is 0. The average Bonchev–Trinajstić information content (AvgIpc) is 3.66. The van der Waals surface area contributed by atoms with Crippen LogP contribution in [0, 0.1) is 11.8 Å². The summed E-state index contributed by atoms with van der Waals surface area (Å²) in [4.78, 5) is 46.1. The van der Waals surface area contributed by atoms with Crippen molar-refractivity contribution in [3.05, 3.63) is 77.9 Å². The summed E-state index contributed by atoms with van der Waals surface area (Å²) in [6.45, 7) is 6.26. The Kier molecular flexibility index (Phi) is 8.92. The van der Waals surface area contributed by atoms with Crippen LogP contribution in [0.5, 0.6) is 0 Å². The van der Waals surface area contributed by atoms with Crippen LogP contribution in [0.3, 0.4) is 0 Å². The number of nitrogens with one attached hydrogen (secondary N) is 2. The Labute approximate surface area is 261 Å². The minimum atomic E-state index is -1.14. The van der Waals surface area contributed by atoms with Crippen LogP contribution in [0.25, 0.3) is 0 Å². The smallest absolute Gasteiger partial charge is 0.246 e. The van der Waals surface area contributed by atoms with E-state index in [1.807, 2.05) is 54.6 Å². The molecule has 3 aliphatic heterocycles. The molecule has 2 aromatic rings. The van der Waals surface area contributed by atoms with Crippen LogP contribution in [0.1, 0.15) is 69.4 Å². The molecule has 2 aromatic carbocycles. The van der Waals surface area contributed by atoms with E-state index in [-0.39, 0.29) is 23.8 Å². The highest BCUT2D eigenvalue weighted by atomic mass is 16.5. The maximum Gasteiger partial charge on any atom is 0.246 e. The highest BCUT2D eigenvalue weighted by molar-refractivity contribution is 6.02. The van der Waals surface area contributed by atoms with Crippen molar-refractivity contribution in [2.24, 2.45) is 11.8 Å². The molecular formula is C36H46N4O4. The third kappa shape index (κ3) is 5.94. The van der Waals surface area contributed by atoms with Crippen LogP contribution in [-0.4, -0.2) is 71.4 Å². The SMILES string of the molecule is CC(C)c1ccc(NC(=O)C2C3C=CC4(O3)C2C(=O)N(CCCN(C)Cc2ccccc2)C4C(=O)NC2CCCCC2)cc1. The Bertz CT molecular complexity index is 1370. The van der Waals surface area contributed by atoms with E-state index in [1.54, 1.807) is 4.90 Å². The number of benzene rings is 2. The minimum Gasteiger partial charge on any atom is -0.359 e. The second kappa shape index (κ2) is 12.9. The third-order valence-electron chi connectivity index (χ3n) is 9.96. The van der Waals surface area contributed by atoms with Crippen LogP contribution in [0.15, 0.2) is 66.7 Å². The molecule has 8 heteroatoms. The number of hydrogen-bond acceptors (Lipinski definition) is 5. The Morgan fingerprint density at radius 3 is 2.45 bits per heavy atom. The zero-order chi connectivity index (χ0) is 30.8. The molecule has 1 saturated carbocycles. The van der Waals surface area contributed by atoms with Crippen LogP contribution >= 0.6 is 0 Å². The molecule has 1 aliphatic carbocycles. The summed E-state index contributed by atoms with van der Waals surface area (Å²) in [5.41, 5.74) is 1.97. The van der Waals surface area contributed by atoms with Crippen molar-refractivity contribution in [3.8, 4) is 0 Å². The number of nitrogens with zero attached hydrogens (tertiary/aromatic N) is 2. The van der Waals surface area contributed by atoms with Gasteiger partial charge in [-0.05, 0) is 62.0 Å². The van der Waals surface area contributed by atoms with Crippen molar-refractivity contribution in [1.29, 1.82) is 0 Å². The highest BCUT2D eigenvalue weighted by Crippen LogP contribution is 2.55. The summed E-state index contributed by atoms with van der Waals surface area (Å²) in [7, 11) is 2.07. The molecule has 1 spiro atoms. The molecule has 0 radical (unpaired) electrons. The molecule has 8 nitrogen and oxygen atoms in total. The largest absolute Gasteiger partial charge is 0.359 e. The average molecular weight is 599 g/mol. The first-order valence-electron chi connectivity index (χ1n) is 16.4. The van der Waals surface area contributed by atoms with Gasteiger partial charge in [0.2, 0.25) is 17.7 Å². The number of anilines is 1. The number of amides is 3. The molecule has 3 heterocycles. The lowest BCUT2D eigenvalue weighted by atomic mass is 9.74. The number of rotatable bonds is 11. The molecule has 5 unspecified atom stereocenters. The number of likely N-dealkylation sites (tertiary alicyclic amines) is 1. The predicted octanol–water partition coefficient (Wildman–Crippen LogP) is 4.87. The zero-order valence-electron chi connectivity index (χ0n) is 26.2. The van der Waals surface area contributed by atoms with Crippen molar-refractivity contribution >= 4 is 23.4 Å². The Hall–Kier alpha value is -3.49. The van der Waals surface area contributed by atoms with Gasteiger partial charge in [0.05, 0.1) is 17.9 Å². The van der Waals surface area contributed by atoms with E-state index in [0.29, 0.717) is 24.6 Å². The number of fused-ring (bicyclic) bond motifs is 1. The van der Waals surface area contributed by atoms with Crippen LogP contribution in [0.2, 0.25) is 0 Å². The van der Waals surface area contributed by atoms with E-state index in [1.165, 1.54) is 17.5 Å². The van der Waals surface area contributed by atoms with E-state index >= 15 is 0 Å². The van der Waals surface area contributed by atoms with Gasteiger partial charge in [-0.2, -0.15) is 0 Å². The Balaban J connectivity index is 1.20. The quantitative estimate of drug-likeness (QED) is 0.360. The molecule has 3 fully saturated rings. The van der Waals surface area contributed by atoms with E-state index in [9.17, 15) is 14.4 Å². The van der Waals surface area contributed by atoms with Gasteiger partial charge in [0.25, 0.3) is 0 Å². The first-order valence-corrected chi connectivity index (χ1v) is 16.4. The van der Waals surface area contributed by atoms with E-state index < -0.39 is 29.6 Å². The summed E-state index contributed by atoms with van der Waals surface area (Å²) in [6, 6.07) is 17.4. The molecule has 2 N–H and O–H groups in total.